The molecule has 1 saturated heterocycles. The van der Waals surface area contributed by atoms with E-state index in [4.69, 9.17) is 5.73 Å². The smallest absolute Gasteiger partial charge is 0.0845 e. The second-order valence-corrected chi connectivity index (χ2v) is 5.54. The van der Waals surface area contributed by atoms with Crippen LogP contribution in [0.2, 0.25) is 0 Å². The molecule has 0 radical (unpaired) electrons. The van der Waals surface area contributed by atoms with Crippen molar-refractivity contribution >= 4 is 0 Å². The maximum absolute atomic E-state index is 6.43. The van der Waals surface area contributed by atoms with Crippen LogP contribution in [0, 0.1) is 0 Å². The number of nitrogens with two attached hydrogens (primary N) is 1. The van der Waals surface area contributed by atoms with Gasteiger partial charge in [-0.15, -0.1) is 0 Å². The van der Waals surface area contributed by atoms with Gasteiger partial charge in [-0.1, -0.05) is 48.8 Å². The van der Waals surface area contributed by atoms with E-state index in [0.29, 0.717) is 0 Å². The van der Waals surface area contributed by atoms with E-state index in [2.05, 4.69) is 41.5 Å². The van der Waals surface area contributed by atoms with Gasteiger partial charge in [0.1, 0.15) is 0 Å². The average Bonchev–Trinajstić information content (AvgIpc) is 2.48. The van der Waals surface area contributed by atoms with Gasteiger partial charge in [0.15, 0.2) is 0 Å². The van der Waals surface area contributed by atoms with Crippen LogP contribution in [0.3, 0.4) is 0 Å². The molecule has 1 aliphatic heterocycles. The summed E-state index contributed by atoms with van der Waals surface area (Å²) >= 11 is 0. The zero-order chi connectivity index (χ0) is 14.9. The lowest BCUT2D eigenvalue weighted by Crippen LogP contribution is -2.34. The minimum absolute atomic E-state index is 0.0190. The largest absolute Gasteiger partial charge is 0.365 e. The van der Waals surface area contributed by atoms with Gasteiger partial charge in [-0.25, -0.2) is 0 Å². The van der Waals surface area contributed by atoms with Gasteiger partial charge in [-0.2, -0.15) is 0 Å². The van der Waals surface area contributed by atoms with Crippen molar-refractivity contribution in [3.8, 4) is 0 Å². The van der Waals surface area contributed by atoms with Crippen LogP contribution in [-0.4, -0.2) is 24.0 Å². The molecule has 0 aromatic rings. The number of piperidine rings is 1. The van der Waals surface area contributed by atoms with E-state index in [1.807, 2.05) is 12.2 Å². The second kappa shape index (κ2) is 8.51. The van der Waals surface area contributed by atoms with Crippen LogP contribution in [0.4, 0.5) is 0 Å². The van der Waals surface area contributed by atoms with Gasteiger partial charge < -0.3 is 10.6 Å². The summed E-state index contributed by atoms with van der Waals surface area (Å²) in [5.74, 6) is 0. The number of nitrogens with zero attached hydrogens (tertiary/aromatic N) is 1. The van der Waals surface area contributed by atoms with Crippen molar-refractivity contribution in [3.05, 3.63) is 66.1 Å². The van der Waals surface area contributed by atoms with Gasteiger partial charge in [0.2, 0.25) is 0 Å². The van der Waals surface area contributed by atoms with Crippen LogP contribution in [0.1, 0.15) is 32.1 Å². The molecule has 1 heterocycles. The molecule has 1 fully saturated rings. The third-order valence-electron chi connectivity index (χ3n) is 3.93. The summed E-state index contributed by atoms with van der Waals surface area (Å²) in [4.78, 5) is 2.45. The molecule has 2 N–H and O–H groups in total. The molecule has 0 aromatic carbocycles. The predicted molar refractivity (Wildman–Crippen MR) is 90.8 cm³/mol. The molecule has 1 unspecified atom stereocenters. The van der Waals surface area contributed by atoms with Gasteiger partial charge in [0.05, 0.1) is 5.70 Å². The minimum atomic E-state index is 0.0190. The number of hydrogen-bond acceptors (Lipinski definition) is 2. The molecule has 2 rings (SSSR count). The zero-order valence-electron chi connectivity index (χ0n) is 12.8. The Morgan fingerprint density at radius 2 is 2.14 bits per heavy atom. The first-order valence-electron chi connectivity index (χ1n) is 7.93. The average molecular weight is 282 g/mol. The Labute approximate surface area is 128 Å². The standard InChI is InChI=1S/C19H26N2/c1-2-3-7-13-18(20)17-12-8-4-5-9-14-19(17)21-15-10-6-11-16-21/h2-5,7,9,12,18H,1,6,8,10-11,13,15-16,20H2/b5-4-,7-3+,17-12-. The van der Waals surface area contributed by atoms with Crippen molar-refractivity contribution in [2.75, 3.05) is 13.1 Å². The molecule has 2 aliphatic rings. The van der Waals surface area contributed by atoms with Gasteiger partial charge in [-0.05, 0) is 43.8 Å². The fourth-order valence-electron chi connectivity index (χ4n) is 2.82. The monoisotopic (exact) mass is 282 g/mol. The molecule has 2 heteroatoms. The highest BCUT2D eigenvalue weighted by Crippen LogP contribution is 2.24. The topological polar surface area (TPSA) is 29.3 Å². The predicted octanol–water partition coefficient (Wildman–Crippen LogP) is 3.86. The van der Waals surface area contributed by atoms with Crippen molar-refractivity contribution in [2.24, 2.45) is 5.73 Å². The minimum Gasteiger partial charge on any atom is -0.365 e. The van der Waals surface area contributed by atoms with Gasteiger partial charge in [0.25, 0.3) is 0 Å². The van der Waals surface area contributed by atoms with Crippen LogP contribution in [-0.2, 0) is 0 Å². The highest BCUT2D eigenvalue weighted by Gasteiger charge is 2.20. The summed E-state index contributed by atoms with van der Waals surface area (Å²) in [6.45, 7) is 5.94. The van der Waals surface area contributed by atoms with Crippen LogP contribution >= 0.6 is 0 Å². The molecule has 1 aliphatic carbocycles. The second-order valence-electron chi connectivity index (χ2n) is 5.54. The molecular weight excluding hydrogens is 256 g/mol. The Kier molecular flexibility index (Phi) is 6.33. The van der Waals surface area contributed by atoms with Crippen LogP contribution in [0.5, 0.6) is 0 Å². The number of allylic oxidation sites excluding steroid dienone is 5. The Morgan fingerprint density at radius 3 is 2.90 bits per heavy atom. The Balaban J connectivity index is 2.21. The Bertz CT molecular complexity index is 496. The number of likely N-dealkylation sites (tertiary alicyclic amines) is 1. The number of rotatable bonds is 5. The Morgan fingerprint density at radius 1 is 1.33 bits per heavy atom. The molecule has 0 spiro atoms. The maximum atomic E-state index is 6.43. The quantitative estimate of drug-likeness (QED) is 0.613. The highest BCUT2D eigenvalue weighted by molar-refractivity contribution is 5.37. The normalized spacial score (nSPS) is 24.7. The third kappa shape index (κ3) is 4.63. The fourth-order valence-corrected chi connectivity index (χ4v) is 2.82. The van der Waals surface area contributed by atoms with Crippen molar-refractivity contribution in [1.82, 2.24) is 4.90 Å². The van der Waals surface area contributed by atoms with E-state index in [1.165, 1.54) is 30.5 Å². The van der Waals surface area contributed by atoms with Crippen LogP contribution in [0.25, 0.3) is 0 Å². The van der Waals surface area contributed by atoms with Gasteiger partial charge in [0, 0.05) is 19.1 Å². The highest BCUT2D eigenvalue weighted by atomic mass is 15.1. The SMILES string of the molecule is C=C/C=C/CC(N)/C1=C/C/C=C\C=C=C1N1CCCCC1. The third-order valence-corrected chi connectivity index (χ3v) is 3.93. The van der Waals surface area contributed by atoms with Crippen molar-refractivity contribution in [2.45, 2.75) is 38.1 Å². The first kappa shape index (κ1) is 15.6. The first-order valence-corrected chi connectivity index (χ1v) is 7.93. The molecule has 0 amide bonds. The Hall–Kier alpha value is -1.76. The van der Waals surface area contributed by atoms with E-state index in [-0.39, 0.29) is 6.04 Å². The fraction of sp³-hybridized carbons (Fsp3) is 0.421. The van der Waals surface area contributed by atoms with Crippen molar-refractivity contribution in [3.63, 3.8) is 0 Å². The van der Waals surface area contributed by atoms with Gasteiger partial charge in [-0.3, -0.25) is 0 Å². The lowest BCUT2D eigenvalue weighted by Gasteiger charge is -2.32. The van der Waals surface area contributed by atoms with Crippen molar-refractivity contribution < 1.29 is 0 Å². The van der Waals surface area contributed by atoms with Crippen molar-refractivity contribution in [1.29, 1.82) is 0 Å². The molecule has 21 heavy (non-hydrogen) atoms. The molecule has 0 aromatic heterocycles. The molecule has 1 atom stereocenters. The molecule has 0 bridgehead atoms. The molecular formula is C19H26N2. The van der Waals surface area contributed by atoms with E-state index in [1.54, 1.807) is 6.08 Å². The summed E-state index contributed by atoms with van der Waals surface area (Å²) in [7, 11) is 0. The summed E-state index contributed by atoms with van der Waals surface area (Å²) < 4.78 is 0. The molecule has 2 nitrogen and oxygen atoms in total. The van der Waals surface area contributed by atoms with Crippen LogP contribution in [0.15, 0.2) is 66.1 Å². The van der Waals surface area contributed by atoms with E-state index in [0.717, 1.165) is 25.9 Å². The zero-order valence-corrected chi connectivity index (χ0v) is 12.8. The number of hydrogen-bond donors (Lipinski definition) is 1. The maximum Gasteiger partial charge on any atom is 0.0845 e. The van der Waals surface area contributed by atoms with E-state index >= 15 is 0 Å². The summed E-state index contributed by atoms with van der Waals surface area (Å²) in [6, 6.07) is 0.0190. The lowest BCUT2D eigenvalue weighted by molar-refractivity contribution is 0.288. The summed E-state index contributed by atoms with van der Waals surface area (Å²) in [5.41, 5.74) is 12.3. The molecule has 112 valence electrons. The lowest BCUT2D eigenvalue weighted by atomic mass is 9.97. The van der Waals surface area contributed by atoms with Gasteiger partial charge >= 0.3 is 0 Å². The van der Waals surface area contributed by atoms with Crippen LogP contribution < -0.4 is 5.73 Å². The summed E-state index contributed by atoms with van der Waals surface area (Å²) in [5, 5.41) is 0. The van der Waals surface area contributed by atoms with E-state index in [9.17, 15) is 0 Å². The molecule has 0 saturated carbocycles. The van der Waals surface area contributed by atoms with E-state index < -0.39 is 0 Å². The first-order chi connectivity index (χ1) is 10.3. The summed E-state index contributed by atoms with van der Waals surface area (Å²) in [6.07, 6.45) is 20.0.